The minimum atomic E-state index is -3.94. The number of pyridine rings is 1. The smallest absolute Gasteiger partial charge is 0.254 e. The number of hydrogen-bond donors (Lipinski definition) is 2. The zero-order chi connectivity index (χ0) is 20.3. The second-order valence-electron chi connectivity index (χ2n) is 5.80. The van der Waals surface area contributed by atoms with Gasteiger partial charge in [-0.3, -0.25) is 4.79 Å². The van der Waals surface area contributed by atoms with Gasteiger partial charge in [0.25, 0.3) is 5.56 Å². The Balaban J connectivity index is 1.77. The van der Waals surface area contributed by atoms with Crippen LogP contribution in [0, 0.1) is 12.7 Å². The van der Waals surface area contributed by atoms with E-state index in [-0.39, 0.29) is 34.9 Å². The number of ether oxygens (including phenoxy) is 1. The summed E-state index contributed by atoms with van der Waals surface area (Å²) >= 11 is 0. The number of aryl methyl sites for hydroxylation is 1. The standard InChI is InChI=1S/C16H17FN6O4S/c1-10-7-11(27-2)8-15(24)23(10)6-5-18-28(25,26)12-3-4-14(17)13(9-12)16-19-21-22-20-16/h3-4,7-9,18H,5-6H2,1-2H3,(H,19,20,21,22). The fourth-order valence-electron chi connectivity index (χ4n) is 2.60. The molecule has 12 heteroatoms. The monoisotopic (exact) mass is 408 g/mol. The highest BCUT2D eigenvalue weighted by Gasteiger charge is 2.18. The topological polar surface area (TPSA) is 132 Å². The molecule has 1 aromatic carbocycles. The first kappa shape index (κ1) is 19.6. The van der Waals surface area contributed by atoms with Crippen LogP contribution < -0.4 is 15.0 Å². The van der Waals surface area contributed by atoms with E-state index in [1.807, 2.05) is 0 Å². The summed E-state index contributed by atoms with van der Waals surface area (Å²) in [5.74, 6) is -0.310. The van der Waals surface area contributed by atoms with Gasteiger partial charge in [0.05, 0.1) is 17.6 Å². The molecule has 0 amide bonds. The van der Waals surface area contributed by atoms with Crippen molar-refractivity contribution in [2.24, 2.45) is 0 Å². The summed E-state index contributed by atoms with van der Waals surface area (Å²) in [7, 11) is -2.49. The highest BCUT2D eigenvalue weighted by atomic mass is 32.2. The van der Waals surface area contributed by atoms with Gasteiger partial charge in [-0.05, 0) is 36.4 Å². The number of sulfonamides is 1. The molecule has 0 atom stereocenters. The lowest BCUT2D eigenvalue weighted by Crippen LogP contribution is -2.31. The lowest BCUT2D eigenvalue weighted by atomic mass is 10.2. The molecule has 3 aromatic rings. The van der Waals surface area contributed by atoms with Gasteiger partial charge in [0.1, 0.15) is 11.6 Å². The molecule has 0 unspecified atom stereocenters. The third kappa shape index (κ3) is 4.07. The molecule has 0 fully saturated rings. The highest BCUT2D eigenvalue weighted by Crippen LogP contribution is 2.22. The van der Waals surface area contributed by atoms with E-state index in [4.69, 9.17) is 4.74 Å². The van der Waals surface area contributed by atoms with Gasteiger partial charge < -0.3 is 9.30 Å². The van der Waals surface area contributed by atoms with Crippen LogP contribution in [0.2, 0.25) is 0 Å². The molecule has 0 saturated heterocycles. The van der Waals surface area contributed by atoms with Gasteiger partial charge >= 0.3 is 0 Å². The second kappa shape index (κ2) is 7.86. The summed E-state index contributed by atoms with van der Waals surface area (Å²) in [4.78, 5) is 11.9. The Morgan fingerprint density at radius 1 is 1.29 bits per heavy atom. The van der Waals surface area contributed by atoms with Crippen LogP contribution in [0.15, 0.2) is 40.0 Å². The number of nitrogens with zero attached hydrogens (tertiary/aromatic N) is 4. The number of aromatic amines is 1. The van der Waals surface area contributed by atoms with Crippen molar-refractivity contribution in [1.82, 2.24) is 29.9 Å². The van der Waals surface area contributed by atoms with Gasteiger partial charge in [-0.1, -0.05) is 0 Å². The van der Waals surface area contributed by atoms with Gasteiger partial charge in [-0.25, -0.2) is 17.5 Å². The Kier molecular flexibility index (Phi) is 5.51. The lowest BCUT2D eigenvalue weighted by molar-refractivity contribution is 0.411. The number of halogens is 1. The Labute approximate surface area is 159 Å². The van der Waals surface area contributed by atoms with E-state index in [9.17, 15) is 17.6 Å². The van der Waals surface area contributed by atoms with Crippen LogP contribution in [-0.2, 0) is 16.6 Å². The van der Waals surface area contributed by atoms with Gasteiger partial charge in [0.15, 0.2) is 0 Å². The van der Waals surface area contributed by atoms with Crippen molar-refractivity contribution in [3.8, 4) is 17.1 Å². The summed E-state index contributed by atoms with van der Waals surface area (Å²) in [6.07, 6.45) is 0. The Bertz CT molecular complexity index is 1140. The number of hydrogen-bond acceptors (Lipinski definition) is 7. The van der Waals surface area contributed by atoms with Crippen molar-refractivity contribution in [1.29, 1.82) is 0 Å². The second-order valence-corrected chi connectivity index (χ2v) is 7.57. The van der Waals surface area contributed by atoms with Crippen LogP contribution in [0.5, 0.6) is 5.75 Å². The van der Waals surface area contributed by atoms with Crippen LogP contribution in [0.3, 0.4) is 0 Å². The first-order chi connectivity index (χ1) is 13.3. The first-order valence-corrected chi connectivity index (χ1v) is 9.58. The summed E-state index contributed by atoms with van der Waals surface area (Å²) in [6.45, 7) is 1.80. The predicted molar refractivity (Wildman–Crippen MR) is 96.8 cm³/mol. The van der Waals surface area contributed by atoms with Crippen molar-refractivity contribution < 1.29 is 17.5 Å². The molecule has 0 aliphatic carbocycles. The minimum Gasteiger partial charge on any atom is -0.496 e. The molecule has 2 heterocycles. The fourth-order valence-corrected chi connectivity index (χ4v) is 3.64. The maximum atomic E-state index is 14.0. The van der Waals surface area contributed by atoms with Crippen LogP contribution in [0.1, 0.15) is 5.69 Å². The van der Waals surface area contributed by atoms with Crippen molar-refractivity contribution in [3.05, 3.63) is 52.2 Å². The van der Waals surface area contributed by atoms with Gasteiger partial charge in [0, 0.05) is 24.8 Å². The zero-order valence-corrected chi connectivity index (χ0v) is 15.8. The van der Waals surface area contributed by atoms with Gasteiger partial charge in [0.2, 0.25) is 15.8 Å². The number of tetrazole rings is 1. The van der Waals surface area contributed by atoms with Crippen LogP contribution in [-0.4, -0.2) is 47.3 Å². The van der Waals surface area contributed by atoms with E-state index in [0.29, 0.717) is 11.4 Å². The molecule has 28 heavy (non-hydrogen) atoms. The average molecular weight is 408 g/mol. The molecule has 0 saturated carbocycles. The Morgan fingerprint density at radius 2 is 2.07 bits per heavy atom. The number of benzene rings is 1. The lowest BCUT2D eigenvalue weighted by Gasteiger charge is -2.12. The van der Waals surface area contributed by atoms with Crippen molar-refractivity contribution in [2.45, 2.75) is 18.4 Å². The number of rotatable bonds is 7. The van der Waals surface area contributed by atoms with E-state index >= 15 is 0 Å². The minimum absolute atomic E-state index is 0.0374. The molecular formula is C16H17FN6O4S. The summed E-state index contributed by atoms with van der Waals surface area (Å²) in [6, 6.07) is 6.25. The van der Waals surface area contributed by atoms with Crippen molar-refractivity contribution in [3.63, 3.8) is 0 Å². The van der Waals surface area contributed by atoms with E-state index in [0.717, 1.165) is 18.2 Å². The third-order valence-electron chi connectivity index (χ3n) is 4.01. The van der Waals surface area contributed by atoms with Gasteiger partial charge in [-0.15, -0.1) is 10.2 Å². The summed E-state index contributed by atoms with van der Waals surface area (Å²) in [5, 5.41) is 12.8. The average Bonchev–Trinajstić information content (AvgIpc) is 3.18. The molecule has 0 aliphatic rings. The molecule has 2 aromatic heterocycles. The molecule has 0 aliphatic heterocycles. The quantitative estimate of drug-likeness (QED) is 0.580. The normalized spacial score (nSPS) is 11.5. The third-order valence-corrected chi connectivity index (χ3v) is 5.46. The molecule has 0 spiro atoms. The molecule has 10 nitrogen and oxygen atoms in total. The fraction of sp³-hybridized carbons (Fsp3) is 0.250. The molecular weight excluding hydrogens is 391 g/mol. The molecule has 148 valence electrons. The van der Waals surface area contributed by atoms with E-state index in [1.165, 1.54) is 17.7 Å². The maximum absolute atomic E-state index is 14.0. The van der Waals surface area contributed by atoms with Crippen LogP contribution in [0.25, 0.3) is 11.4 Å². The number of methoxy groups -OCH3 is 1. The largest absolute Gasteiger partial charge is 0.496 e. The Hall–Kier alpha value is -3.12. The SMILES string of the molecule is COc1cc(C)n(CCNS(=O)(=O)c2ccc(F)c(-c3nn[nH]n3)c2)c(=O)c1. The molecule has 0 radical (unpaired) electrons. The van der Waals surface area contributed by atoms with E-state index < -0.39 is 15.8 Å². The summed E-state index contributed by atoms with van der Waals surface area (Å²) < 4.78 is 47.8. The number of aromatic nitrogens is 5. The molecule has 0 bridgehead atoms. The number of nitrogens with one attached hydrogen (secondary N) is 2. The van der Waals surface area contributed by atoms with E-state index in [1.54, 1.807) is 13.0 Å². The summed E-state index contributed by atoms with van der Waals surface area (Å²) in [5.41, 5.74) is 0.223. The maximum Gasteiger partial charge on any atom is 0.254 e. The molecule has 2 N–H and O–H groups in total. The molecule has 3 rings (SSSR count). The predicted octanol–water partition coefficient (Wildman–Crippen LogP) is 0.463. The number of H-pyrrole nitrogens is 1. The van der Waals surface area contributed by atoms with Gasteiger partial charge in [-0.2, -0.15) is 5.21 Å². The Morgan fingerprint density at radius 3 is 2.71 bits per heavy atom. The van der Waals surface area contributed by atoms with Crippen LogP contribution >= 0.6 is 0 Å². The highest BCUT2D eigenvalue weighted by molar-refractivity contribution is 7.89. The van der Waals surface area contributed by atoms with Crippen LogP contribution in [0.4, 0.5) is 4.39 Å². The van der Waals surface area contributed by atoms with Crippen molar-refractivity contribution >= 4 is 10.0 Å². The first-order valence-electron chi connectivity index (χ1n) is 8.10. The van der Waals surface area contributed by atoms with E-state index in [2.05, 4.69) is 25.3 Å². The zero-order valence-electron chi connectivity index (χ0n) is 15.0. The van der Waals surface area contributed by atoms with Crippen molar-refractivity contribution in [2.75, 3.05) is 13.7 Å².